The van der Waals surface area contributed by atoms with Crippen molar-refractivity contribution in [2.75, 3.05) is 13.1 Å². The molecule has 0 radical (unpaired) electrons. The number of rotatable bonds is 6. The molecule has 0 spiro atoms. The van der Waals surface area contributed by atoms with E-state index in [1.807, 2.05) is 35.2 Å². The van der Waals surface area contributed by atoms with Gasteiger partial charge < -0.3 is 5.11 Å². The molecule has 1 fully saturated rings. The number of benzene rings is 1. The quantitative estimate of drug-likeness (QED) is 0.876. The summed E-state index contributed by atoms with van der Waals surface area (Å²) in [5.41, 5.74) is 2.08. The van der Waals surface area contributed by atoms with Gasteiger partial charge in [-0.1, -0.05) is 24.3 Å². The molecule has 0 unspecified atom stereocenters. The van der Waals surface area contributed by atoms with E-state index in [1.165, 1.54) is 12.8 Å². The van der Waals surface area contributed by atoms with Gasteiger partial charge in [-0.25, -0.2) is 0 Å². The molecular weight excluding hydrogens is 252 g/mol. The molecule has 104 valence electrons. The summed E-state index contributed by atoms with van der Waals surface area (Å²) in [5, 5.41) is 10.2. The zero-order valence-electron chi connectivity index (χ0n) is 11.3. The smallest absolute Gasteiger partial charge is 0.317 e. The van der Waals surface area contributed by atoms with Crippen molar-refractivity contribution in [1.29, 1.82) is 0 Å². The van der Waals surface area contributed by atoms with Gasteiger partial charge in [-0.05, 0) is 30.4 Å². The highest BCUT2D eigenvalue weighted by Gasteiger charge is 2.25. The van der Waals surface area contributed by atoms with Gasteiger partial charge in [-0.15, -0.1) is 0 Å². The first-order valence-corrected chi connectivity index (χ1v) is 6.99. The van der Waals surface area contributed by atoms with Gasteiger partial charge in [0.1, 0.15) is 0 Å². The SMILES string of the molecule is O=C(O)CN(Cc1cccc2cccnc12)CC1CC1. The molecule has 1 aliphatic carbocycles. The van der Waals surface area contributed by atoms with Crippen LogP contribution in [0.15, 0.2) is 36.5 Å². The monoisotopic (exact) mass is 270 g/mol. The second-order valence-electron chi connectivity index (χ2n) is 5.50. The third-order valence-corrected chi connectivity index (χ3v) is 3.68. The molecule has 1 aliphatic rings. The zero-order valence-corrected chi connectivity index (χ0v) is 11.3. The van der Waals surface area contributed by atoms with Crippen LogP contribution < -0.4 is 0 Å². The molecule has 1 saturated carbocycles. The minimum absolute atomic E-state index is 0.0969. The number of hydrogen-bond acceptors (Lipinski definition) is 3. The highest BCUT2D eigenvalue weighted by Crippen LogP contribution is 2.30. The molecule has 1 aromatic heterocycles. The summed E-state index contributed by atoms with van der Waals surface area (Å²) in [6.45, 7) is 1.62. The Labute approximate surface area is 118 Å². The van der Waals surface area contributed by atoms with Crippen molar-refractivity contribution < 1.29 is 9.90 Å². The fourth-order valence-corrected chi connectivity index (χ4v) is 2.58. The second-order valence-corrected chi connectivity index (χ2v) is 5.50. The Kier molecular flexibility index (Phi) is 3.65. The number of carboxylic acid groups (broad SMARTS) is 1. The average Bonchev–Trinajstić information content (AvgIpc) is 3.22. The van der Waals surface area contributed by atoms with Crippen LogP contribution in [0.3, 0.4) is 0 Å². The first kappa shape index (κ1) is 13.1. The number of pyridine rings is 1. The summed E-state index contributed by atoms with van der Waals surface area (Å²) < 4.78 is 0. The number of carbonyl (C=O) groups is 1. The third kappa shape index (κ3) is 3.14. The van der Waals surface area contributed by atoms with Crippen molar-refractivity contribution in [1.82, 2.24) is 9.88 Å². The molecule has 1 heterocycles. The Bertz CT molecular complexity index is 617. The van der Waals surface area contributed by atoms with Crippen molar-refractivity contribution in [3.63, 3.8) is 0 Å². The first-order valence-electron chi connectivity index (χ1n) is 6.99. The van der Waals surface area contributed by atoms with E-state index in [1.54, 1.807) is 6.20 Å². The maximum absolute atomic E-state index is 11.0. The number of fused-ring (bicyclic) bond motifs is 1. The molecule has 0 saturated heterocycles. The van der Waals surface area contributed by atoms with Gasteiger partial charge in [-0.3, -0.25) is 14.7 Å². The Morgan fingerprint density at radius 2 is 2.10 bits per heavy atom. The van der Waals surface area contributed by atoms with Crippen LogP contribution in [-0.2, 0) is 11.3 Å². The molecule has 2 aromatic rings. The van der Waals surface area contributed by atoms with Crippen LogP contribution in [-0.4, -0.2) is 34.0 Å². The molecule has 0 amide bonds. The van der Waals surface area contributed by atoms with E-state index in [4.69, 9.17) is 5.11 Å². The number of carboxylic acids is 1. The molecule has 20 heavy (non-hydrogen) atoms. The fraction of sp³-hybridized carbons (Fsp3) is 0.375. The molecule has 0 atom stereocenters. The van der Waals surface area contributed by atoms with Gasteiger partial charge in [0, 0.05) is 24.7 Å². The lowest BCUT2D eigenvalue weighted by atomic mass is 10.1. The molecule has 4 heteroatoms. The first-order chi connectivity index (χ1) is 9.72. The zero-order chi connectivity index (χ0) is 13.9. The van der Waals surface area contributed by atoms with Crippen molar-refractivity contribution in [2.45, 2.75) is 19.4 Å². The van der Waals surface area contributed by atoms with E-state index in [9.17, 15) is 4.79 Å². The standard InChI is InChI=1S/C16H18N2O2/c19-15(20)11-18(9-12-6-7-12)10-14-4-1-3-13-5-2-8-17-16(13)14/h1-5,8,12H,6-7,9-11H2,(H,19,20). The van der Waals surface area contributed by atoms with E-state index in [0.717, 1.165) is 23.0 Å². The third-order valence-electron chi connectivity index (χ3n) is 3.68. The van der Waals surface area contributed by atoms with Crippen LogP contribution in [0.1, 0.15) is 18.4 Å². The van der Waals surface area contributed by atoms with E-state index in [2.05, 4.69) is 4.98 Å². The molecule has 1 N–H and O–H groups in total. The van der Waals surface area contributed by atoms with Crippen LogP contribution in [0.2, 0.25) is 0 Å². The van der Waals surface area contributed by atoms with E-state index in [0.29, 0.717) is 12.5 Å². The van der Waals surface area contributed by atoms with E-state index >= 15 is 0 Å². The normalized spacial score (nSPS) is 14.8. The van der Waals surface area contributed by atoms with Crippen LogP contribution in [0.4, 0.5) is 0 Å². The van der Waals surface area contributed by atoms with Gasteiger partial charge >= 0.3 is 5.97 Å². The summed E-state index contributed by atoms with van der Waals surface area (Å²) in [6.07, 6.45) is 4.24. The van der Waals surface area contributed by atoms with Crippen LogP contribution in [0, 0.1) is 5.92 Å². The number of aromatic nitrogens is 1. The predicted molar refractivity (Wildman–Crippen MR) is 77.4 cm³/mol. The molecular formula is C16H18N2O2. The Balaban J connectivity index is 1.83. The maximum atomic E-state index is 11.0. The Morgan fingerprint density at radius 3 is 2.85 bits per heavy atom. The lowest BCUT2D eigenvalue weighted by Gasteiger charge is -2.20. The van der Waals surface area contributed by atoms with E-state index in [-0.39, 0.29) is 6.54 Å². The minimum atomic E-state index is -0.765. The summed E-state index contributed by atoms with van der Waals surface area (Å²) in [4.78, 5) is 17.5. The van der Waals surface area contributed by atoms with Gasteiger partial charge in [0.2, 0.25) is 0 Å². The van der Waals surface area contributed by atoms with Gasteiger partial charge in [0.05, 0.1) is 12.1 Å². The van der Waals surface area contributed by atoms with Crippen molar-refractivity contribution in [2.24, 2.45) is 5.92 Å². The van der Waals surface area contributed by atoms with Crippen molar-refractivity contribution in [3.8, 4) is 0 Å². The molecule has 3 rings (SSSR count). The molecule has 4 nitrogen and oxygen atoms in total. The Morgan fingerprint density at radius 1 is 1.30 bits per heavy atom. The summed E-state index contributed by atoms with van der Waals surface area (Å²) in [5.74, 6) is -0.0869. The highest BCUT2D eigenvalue weighted by molar-refractivity contribution is 5.81. The van der Waals surface area contributed by atoms with Crippen molar-refractivity contribution in [3.05, 3.63) is 42.1 Å². The van der Waals surface area contributed by atoms with E-state index < -0.39 is 5.97 Å². The topological polar surface area (TPSA) is 53.4 Å². The average molecular weight is 270 g/mol. The molecule has 1 aromatic carbocycles. The summed E-state index contributed by atoms with van der Waals surface area (Å²) in [7, 11) is 0. The summed E-state index contributed by atoms with van der Waals surface area (Å²) >= 11 is 0. The Hall–Kier alpha value is -1.94. The highest BCUT2D eigenvalue weighted by atomic mass is 16.4. The molecule has 0 aliphatic heterocycles. The number of para-hydroxylation sites is 1. The predicted octanol–water partition coefficient (Wildman–Crippen LogP) is 2.53. The number of hydrogen-bond donors (Lipinski definition) is 1. The largest absolute Gasteiger partial charge is 0.480 e. The van der Waals surface area contributed by atoms with Gasteiger partial charge in [-0.2, -0.15) is 0 Å². The lowest BCUT2D eigenvalue weighted by molar-refractivity contribution is -0.138. The maximum Gasteiger partial charge on any atom is 0.317 e. The second kappa shape index (κ2) is 5.59. The molecule has 0 bridgehead atoms. The van der Waals surface area contributed by atoms with Crippen LogP contribution in [0.25, 0.3) is 10.9 Å². The van der Waals surface area contributed by atoms with Gasteiger partial charge in [0.15, 0.2) is 0 Å². The lowest BCUT2D eigenvalue weighted by Crippen LogP contribution is -2.31. The van der Waals surface area contributed by atoms with Crippen molar-refractivity contribution >= 4 is 16.9 Å². The van der Waals surface area contributed by atoms with Crippen LogP contribution >= 0.6 is 0 Å². The fourth-order valence-electron chi connectivity index (χ4n) is 2.58. The summed E-state index contributed by atoms with van der Waals surface area (Å²) in [6, 6.07) is 10.0. The minimum Gasteiger partial charge on any atom is -0.480 e. The number of nitrogens with zero attached hydrogens (tertiary/aromatic N) is 2. The van der Waals surface area contributed by atoms with Gasteiger partial charge in [0.25, 0.3) is 0 Å². The number of aliphatic carboxylic acids is 1. The van der Waals surface area contributed by atoms with Crippen LogP contribution in [0.5, 0.6) is 0 Å².